The highest BCUT2D eigenvalue weighted by molar-refractivity contribution is 5.85. The topological polar surface area (TPSA) is 736 Å². The first-order valence-corrected chi connectivity index (χ1v) is 43.7. The lowest BCUT2D eigenvalue weighted by molar-refractivity contribution is -0.141. The van der Waals surface area contributed by atoms with Gasteiger partial charge in [-0.2, -0.15) is 8.78 Å². The van der Waals surface area contributed by atoms with E-state index in [0.29, 0.717) is 57.3 Å². The zero-order chi connectivity index (χ0) is 110. The van der Waals surface area contributed by atoms with Crippen molar-refractivity contribution in [1.29, 1.82) is 0 Å². The number of carbonyl (C=O) groups excluding carboxylic acids is 6. The Kier molecular flexibility index (Phi) is 46.4. The fraction of sp³-hybridized carbons (Fsp3) is 0.462. The van der Waals surface area contributed by atoms with E-state index in [1.54, 1.807) is 194 Å². The van der Waals surface area contributed by atoms with Crippen molar-refractivity contribution in [2.75, 3.05) is 84.6 Å². The number of nitrogens with one attached hydrogen (secondary N) is 8. The number of nitrogens with two attached hydrogens (primary N) is 6. The van der Waals surface area contributed by atoms with Gasteiger partial charge in [0.15, 0.2) is 29.9 Å². The first kappa shape index (κ1) is 122. The van der Waals surface area contributed by atoms with Crippen LogP contribution in [-0.4, -0.2) is 234 Å². The summed E-state index contributed by atoms with van der Waals surface area (Å²) in [6.45, 7) is 37.6. The molecule has 7 aromatic rings. The molecule has 5 aromatic carbocycles. The minimum absolute atomic E-state index is 0.0111. The van der Waals surface area contributed by atoms with E-state index < -0.39 is 161 Å². The number of hydrogen-bond acceptors (Lipinski definition) is 35. The molecule has 26 N–H and O–H groups in total. The summed E-state index contributed by atoms with van der Waals surface area (Å²) >= 11 is 0. The van der Waals surface area contributed by atoms with Crippen molar-refractivity contribution in [1.82, 2.24) is 47.1 Å². The summed E-state index contributed by atoms with van der Waals surface area (Å²) < 4.78 is 98.7. The van der Waals surface area contributed by atoms with Crippen molar-refractivity contribution in [2.45, 2.75) is 241 Å². The second kappa shape index (κ2) is 54.9. The number of hydrogen-bond donors (Lipinski definition) is 20. The molecule has 1 aliphatic rings. The molecule has 0 radical (unpaired) electrons. The number of aliphatic carboxylic acids is 6. The molecule has 144 heavy (non-hydrogen) atoms. The molecule has 1 aliphatic carbocycles. The molecular weight excluding hydrogens is 1910 g/mol. The van der Waals surface area contributed by atoms with E-state index in [1.165, 1.54) is 18.2 Å². The smallest absolute Gasteiger partial charge is 0.408 e. The number of carboxylic acids is 6. The molecular formula is C93H129F3N18O30. The zero-order valence-corrected chi connectivity index (χ0v) is 83.4. The third-order valence-corrected chi connectivity index (χ3v) is 17.2. The lowest BCUT2D eigenvalue weighted by atomic mass is 10.1. The van der Waals surface area contributed by atoms with E-state index in [1.807, 2.05) is 12.1 Å². The van der Waals surface area contributed by atoms with E-state index >= 15 is 0 Å². The summed E-state index contributed by atoms with van der Waals surface area (Å²) in [7, 11) is 0. The van der Waals surface area contributed by atoms with Crippen molar-refractivity contribution in [3.8, 4) is 40.2 Å². The van der Waals surface area contributed by atoms with Crippen molar-refractivity contribution in [3.63, 3.8) is 0 Å². The SMILES string of the molecule is CC(C)(C)OC(=O)N[C@@H](CNc1ccccc1N)C(=O)O.CC(C)(C)OC(=O)N[C@@H](CNc1ncc(F)cc1N)C(=O)O.CC(C)(C)OC(=O)N[C@@H](COc1cc(C2CC2)ccc1N)C(=O)O.CC(C)(C)OC(=O)N[C@@H](COc1cc(OC(F)F)ccc1N)C(=O)O.Cc1nnc(-c2cc(N)c(OC[C@H](NC(=O)OC(C)(C)C)C(=O)O)cc2C)o1.[C-]#[N+]c1cc(N)c(OC[C@H](NC(=O)OC(C)(C)C)C(=O)O)cc1C. The Morgan fingerprint density at radius 1 is 0.424 bits per heavy atom. The van der Waals surface area contributed by atoms with Crippen LogP contribution in [0, 0.1) is 33.2 Å². The van der Waals surface area contributed by atoms with Crippen LogP contribution in [0.15, 0.2) is 102 Å². The van der Waals surface area contributed by atoms with Crippen LogP contribution in [-0.2, 0) is 57.2 Å². The van der Waals surface area contributed by atoms with Gasteiger partial charge in [0.25, 0.3) is 0 Å². The number of amides is 6. The molecule has 8 rings (SSSR count). The van der Waals surface area contributed by atoms with Crippen molar-refractivity contribution in [3.05, 3.63) is 137 Å². The molecule has 792 valence electrons. The molecule has 51 heteroatoms. The number of carboxylic acid groups (broad SMARTS) is 6. The van der Waals surface area contributed by atoms with Crippen LogP contribution in [0.1, 0.15) is 166 Å². The van der Waals surface area contributed by atoms with Gasteiger partial charge in [0.1, 0.15) is 113 Å². The van der Waals surface area contributed by atoms with Crippen LogP contribution in [0.2, 0.25) is 0 Å². The number of pyridine rings is 1. The first-order chi connectivity index (χ1) is 66.4. The Morgan fingerprint density at radius 2 is 0.771 bits per heavy atom. The molecule has 6 atom stereocenters. The fourth-order valence-electron chi connectivity index (χ4n) is 10.7. The van der Waals surface area contributed by atoms with Gasteiger partial charge in [0.05, 0.1) is 52.6 Å². The van der Waals surface area contributed by atoms with Gasteiger partial charge in [-0.3, -0.25) is 0 Å². The number of aryl methyl sites for hydroxylation is 3. The lowest BCUT2D eigenvalue weighted by Gasteiger charge is -2.22. The highest BCUT2D eigenvalue weighted by Crippen LogP contribution is 2.42. The number of halogens is 3. The van der Waals surface area contributed by atoms with Gasteiger partial charge in [0.2, 0.25) is 11.8 Å². The molecule has 2 aromatic heterocycles. The molecule has 0 unspecified atom stereocenters. The predicted molar refractivity (Wildman–Crippen MR) is 519 cm³/mol. The summed E-state index contributed by atoms with van der Waals surface area (Å²) in [5.74, 6) is -6.07. The van der Waals surface area contributed by atoms with Crippen molar-refractivity contribution in [2.24, 2.45) is 0 Å². The highest BCUT2D eigenvalue weighted by atomic mass is 19.3. The van der Waals surface area contributed by atoms with E-state index in [-0.39, 0.29) is 84.5 Å². The molecule has 6 amide bonds. The summed E-state index contributed by atoms with van der Waals surface area (Å²) in [5.41, 5.74) is 35.8. The first-order valence-electron chi connectivity index (χ1n) is 43.7. The Labute approximate surface area is 827 Å². The van der Waals surface area contributed by atoms with Gasteiger partial charge < -0.3 is 164 Å². The van der Waals surface area contributed by atoms with E-state index in [0.717, 1.165) is 42.3 Å². The quantitative estimate of drug-likeness (QED) is 0.0101. The van der Waals surface area contributed by atoms with Crippen LogP contribution in [0.4, 0.5) is 93.3 Å². The number of ether oxygens (including phenoxy) is 11. The molecule has 2 heterocycles. The molecule has 0 bridgehead atoms. The molecule has 0 spiro atoms. The van der Waals surface area contributed by atoms with Gasteiger partial charge in [-0.15, -0.1) is 10.2 Å². The number of rotatable bonds is 34. The second-order valence-electron chi connectivity index (χ2n) is 37.2. The van der Waals surface area contributed by atoms with Crippen molar-refractivity contribution >= 4 is 124 Å². The maximum absolute atomic E-state index is 12.9. The number of para-hydroxylation sites is 2. The Morgan fingerprint density at radius 3 is 1.11 bits per heavy atom. The van der Waals surface area contributed by atoms with Crippen LogP contribution >= 0.6 is 0 Å². The van der Waals surface area contributed by atoms with Crippen molar-refractivity contribution < 1.29 is 158 Å². The number of nitrogens with zero attached hydrogens (tertiary/aromatic N) is 4. The molecule has 1 saturated carbocycles. The van der Waals surface area contributed by atoms with Crippen LogP contribution < -0.4 is 101 Å². The predicted octanol–water partition coefficient (Wildman–Crippen LogP) is 12.4. The normalized spacial score (nSPS) is 12.8. The number of carbonyl (C=O) groups is 12. The molecule has 0 saturated heterocycles. The molecule has 0 aliphatic heterocycles. The minimum Gasteiger partial charge on any atom is -0.489 e. The third-order valence-electron chi connectivity index (χ3n) is 17.2. The van der Waals surface area contributed by atoms with E-state index in [2.05, 4.69) is 67.3 Å². The largest absolute Gasteiger partial charge is 0.489 e. The van der Waals surface area contributed by atoms with Gasteiger partial charge in [0, 0.05) is 37.7 Å². The maximum atomic E-state index is 12.9. The Hall–Kier alpha value is -16.5. The summed E-state index contributed by atoms with van der Waals surface area (Å²) in [5, 5.41) is 81.7. The Balaban J connectivity index is 0.000000445. The van der Waals surface area contributed by atoms with Crippen LogP contribution in [0.5, 0.6) is 28.7 Å². The lowest BCUT2D eigenvalue weighted by Crippen LogP contribution is -2.47. The number of benzene rings is 5. The summed E-state index contributed by atoms with van der Waals surface area (Å²) in [4.78, 5) is 145. The van der Waals surface area contributed by atoms with E-state index in [4.69, 9.17) is 108 Å². The third kappa shape index (κ3) is 48.9. The summed E-state index contributed by atoms with van der Waals surface area (Å²) in [6.07, 6.45) is -1.87. The fourth-order valence-corrected chi connectivity index (χ4v) is 10.7. The second-order valence-corrected chi connectivity index (χ2v) is 37.2. The number of anilines is 8. The molecule has 48 nitrogen and oxygen atoms in total. The minimum atomic E-state index is -3.03. The standard InChI is InChI=1S/C18H24N4O6.C17H24N2O5.C16H21N3O5.C15H20F2N2O6.C14H21N3O4.C13H19FN4O4/c1-9-6-14(12(19)7-11(9)15-22-21-10(2)27-15)26-8-13(16(23)24)20-17(25)28-18(3,4)5;1-17(2,3)24-16(22)19-13(15(20)21)9-23-14-8-11(10-4-5-10)6-7-12(14)18;1-9-6-13(10(17)7-11(9)18-5)23-8-12(14(20)21)19-15(22)24-16(2,3)4;1-15(2,3)25-14(22)19-10(12(20)21)7-23-11-6-8(24-13(16)17)4-5-9(11)18;1-14(2,3)21-13(20)17-11(12(18)19)8-16-10-7-5-4-6-9(10)15;1-13(2,3)22-12(21)18-9(11(19)20)6-17-10-8(15)4-7(14)5-16-10/h6-7,13H,8,19H2,1-5H3,(H,20,25)(H,23,24);6-8,10,13H,4-5,9,18H2,1-3H3,(H,19,22)(H,20,21);6-7,12H,8,17H2,1-4H3,(H,19,22)(H,20,21);4-6,10,13H,7,18H2,1-3H3,(H,19,22)(H,20,21);4-7,11,16H,8,15H2,1-3H3,(H,17,20)(H,18,19);4-5,9H,6,15H2,1-3H3,(H,16,17)(H,18,21)(H,19,20)/t2*13-;12-;10-;11-;9-/m000000/s1. The van der Waals surface area contributed by atoms with Gasteiger partial charge in [-0.25, -0.2) is 71.8 Å². The van der Waals surface area contributed by atoms with E-state index in [9.17, 15) is 86.0 Å². The number of nitrogen functional groups attached to an aromatic ring is 6. The molecule has 1 fully saturated rings. The number of aromatic nitrogens is 3. The van der Waals surface area contributed by atoms with Crippen LogP contribution in [0.25, 0.3) is 16.3 Å². The zero-order valence-electron chi connectivity index (χ0n) is 83.4. The Bertz CT molecular complexity index is 5590. The maximum Gasteiger partial charge on any atom is 0.408 e. The van der Waals surface area contributed by atoms with Crippen LogP contribution in [0.3, 0.4) is 0 Å². The van der Waals surface area contributed by atoms with Gasteiger partial charge in [-0.05, 0) is 235 Å². The van der Waals surface area contributed by atoms with Gasteiger partial charge >= 0.3 is 79.0 Å². The summed E-state index contributed by atoms with van der Waals surface area (Å²) in [6, 6.07) is 15.7. The number of alkyl halides is 2. The van der Waals surface area contributed by atoms with Gasteiger partial charge in [-0.1, -0.05) is 18.2 Å². The number of alkyl carbamates (subject to hydrolysis) is 6. The average Bonchev–Trinajstić information content (AvgIpc) is 1.67. The monoisotopic (exact) mass is 2030 g/mol. The highest BCUT2D eigenvalue weighted by Gasteiger charge is 2.33. The average molecular weight is 2040 g/mol.